The van der Waals surface area contributed by atoms with Crippen molar-refractivity contribution in [2.75, 3.05) is 11.5 Å². The first kappa shape index (κ1) is 35.6. The van der Waals surface area contributed by atoms with E-state index in [1.54, 1.807) is 0 Å². The van der Waals surface area contributed by atoms with E-state index in [1.807, 2.05) is 65.8 Å². The Balaban J connectivity index is 1.28. The van der Waals surface area contributed by atoms with E-state index < -0.39 is 27.0 Å². The molecule has 0 saturated heterocycles. The van der Waals surface area contributed by atoms with Crippen LogP contribution < -0.4 is 11.5 Å². The Morgan fingerprint density at radius 2 is 1.17 bits per heavy atom. The van der Waals surface area contributed by atoms with E-state index in [1.165, 1.54) is 38.9 Å². The second-order valence-electron chi connectivity index (χ2n) is 13.7. The first-order chi connectivity index (χ1) is 24.9. The van der Waals surface area contributed by atoms with Crippen molar-refractivity contribution in [3.05, 3.63) is 53.9 Å². The monoisotopic (exact) mass is 773 g/mol. The third kappa shape index (κ3) is 6.91. The quantitative estimate of drug-likeness (QED) is 0.0938. The van der Waals surface area contributed by atoms with Crippen LogP contribution in [0.15, 0.2) is 67.8 Å². The maximum Gasteiger partial charge on any atom is 0.320 e. The lowest BCUT2D eigenvalue weighted by molar-refractivity contribution is 0.423. The summed E-state index contributed by atoms with van der Waals surface area (Å²) in [7, 11) is -4.40. The summed E-state index contributed by atoms with van der Waals surface area (Å²) in [5.41, 5.74) is 14.7. The third-order valence-corrected chi connectivity index (χ3v) is 10.3. The number of azo groups is 2. The van der Waals surface area contributed by atoms with Gasteiger partial charge in [-0.25, -0.2) is 9.97 Å². The van der Waals surface area contributed by atoms with E-state index in [-0.39, 0.29) is 44.9 Å². The molecule has 0 radical (unpaired) electrons. The topological polar surface area (TPSA) is 276 Å². The molecular weight excluding hydrogens is 743 g/mol. The Labute approximate surface area is 309 Å². The molecule has 22 heteroatoms. The molecule has 2 aromatic carbocycles. The average Bonchev–Trinajstić information content (AvgIpc) is 3.83. The largest absolute Gasteiger partial charge is 0.479 e. The summed E-state index contributed by atoms with van der Waals surface area (Å²) in [5, 5.41) is 38.1. The van der Waals surface area contributed by atoms with E-state index in [2.05, 4.69) is 55.6 Å². The van der Waals surface area contributed by atoms with Gasteiger partial charge >= 0.3 is 6.01 Å². The molecule has 0 aliphatic heterocycles. The number of fused-ring (bicyclic) bond motifs is 2. The molecule has 0 fully saturated rings. The highest BCUT2D eigenvalue weighted by molar-refractivity contribution is 7.85. The number of hydrogen-bond donors (Lipinski definition) is 4. The number of aromatic hydroxyl groups is 1. The minimum absolute atomic E-state index is 0.0147. The van der Waals surface area contributed by atoms with Crippen molar-refractivity contribution in [3.63, 3.8) is 0 Å². The van der Waals surface area contributed by atoms with Gasteiger partial charge in [-0.05, 0) is 30.3 Å². The number of para-hydroxylation sites is 1. The second-order valence-corrected chi connectivity index (χ2v) is 17.1. The van der Waals surface area contributed by atoms with Crippen LogP contribution in [-0.2, 0) is 20.9 Å². The van der Waals surface area contributed by atoms with E-state index in [0.29, 0.717) is 26.7 Å². The van der Waals surface area contributed by atoms with Gasteiger partial charge in [0, 0.05) is 10.8 Å². The molecule has 53 heavy (non-hydrogen) atoms. The highest BCUT2D eigenvalue weighted by Gasteiger charge is 2.30. The maximum atomic E-state index is 11.6. The van der Waals surface area contributed by atoms with Gasteiger partial charge in [0.25, 0.3) is 22.0 Å². The van der Waals surface area contributed by atoms with Crippen LogP contribution in [0.1, 0.15) is 52.9 Å². The molecule has 7 aromatic rings. The predicted molar refractivity (Wildman–Crippen MR) is 199 cm³/mol. The summed E-state index contributed by atoms with van der Waals surface area (Å²) in [6.07, 6.45) is 0. The molecule has 0 unspecified atom stereocenters. The summed E-state index contributed by atoms with van der Waals surface area (Å²) in [4.78, 5) is 21.3. The van der Waals surface area contributed by atoms with Crippen LogP contribution in [0.5, 0.6) is 6.01 Å². The van der Waals surface area contributed by atoms with Gasteiger partial charge in [0.15, 0.2) is 23.0 Å². The normalized spacial score (nSPS) is 13.0. The number of hydrogen-bond acceptors (Lipinski definition) is 18. The molecule has 7 rings (SSSR count). The fourth-order valence-corrected chi connectivity index (χ4v) is 7.27. The van der Waals surface area contributed by atoms with Crippen LogP contribution in [0.3, 0.4) is 0 Å². The van der Waals surface area contributed by atoms with Crippen LogP contribution in [0.25, 0.3) is 32.3 Å². The number of rotatable bonds is 7. The first-order valence-corrected chi connectivity index (χ1v) is 18.7. The smallest absolute Gasteiger partial charge is 0.320 e. The summed E-state index contributed by atoms with van der Waals surface area (Å²) >= 11 is 2.44. The van der Waals surface area contributed by atoms with Gasteiger partial charge in [-0.1, -0.05) is 76.3 Å². The van der Waals surface area contributed by atoms with Crippen LogP contribution in [0, 0.1) is 0 Å². The van der Waals surface area contributed by atoms with Gasteiger partial charge in [0.2, 0.25) is 10.3 Å². The second kappa shape index (κ2) is 12.7. The predicted octanol–water partition coefficient (Wildman–Crippen LogP) is 7.00. The maximum absolute atomic E-state index is 11.6. The Kier molecular flexibility index (Phi) is 8.51. The number of anilines is 2. The molecule has 6 N–H and O–H groups in total. The molecule has 272 valence electrons. The highest BCUT2D eigenvalue weighted by atomic mass is 32.2. The van der Waals surface area contributed by atoms with E-state index in [0.717, 1.165) is 21.6 Å². The number of benzene rings is 2. The van der Waals surface area contributed by atoms with Crippen LogP contribution in [0.2, 0.25) is 0 Å². The van der Waals surface area contributed by atoms with E-state index in [9.17, 15) is 18.1 Å². The fraction of sp³-hybridized carbons (Fsp3) is 0.258. The summed E-state index contributed by atoms with van der Waals surface area (Å²) in [6, 6.07) is 11.0. The zero-order valence-corrected chi connectivity index (χ0v) is 31.4. The Morgan fingerprint density at radius 1 is 0.679 bits per heavy atom. The van der Waals surface area contributed by atoms with Crippen LogP contribution in [0.4, 0.5) is 33.3 Å². The van der Waals surface area contributed by atoms with Gasteiger partial charge < -0.3 is 16.6 Å². The fourth-order valence-electron chi connectivity index (χ4n) is 5.08. The molecule has 5 heterocycles. The molecule has 0 atom stereocenters. The zero-order valence-electron chi connectivity index (χ0n) is 28.9. The SMILES string of the molecule is CC(C)(C)c1nn(-c2nc(O)nc(-n3nc(C(C)(C)C)c(N=Nc4nc5ccc(S(=O)(=O)O)cc5s4)c3N)n2)c(N)c1N=Nc1nc2ccccc2s1. The number of aromatic nitrogens is 9. The van der Waals surface area contributed by atoms with E-state index >= 15 is 0 Å². The van der Waals surface area contributed by atoms with Crippen molar-refractivity contribution in [1.82, 2.24) is 44.5 Å². The van der Waals surface area contributed by atoms with Crippen molar-refractivity contribution in [3.8, 4) is 17.9 Å². The molecule has 5 aromatic heterocycles. The van der Waals surface area contributed by atoms with E-state index in [4.69, 9.17) is 11.5 Å². The zero-order chi connectivity index (χ0) is 38.0. The highest BCUT2D eigenvalue weighted by Crippen LogP contribution is 2.40. The van der Waals surface area contributed by atoms with Gasteiger partial charge in [0.05, 0.1) is 36.7 Å². The number of thiazole rings is 2. The number of nitrogens with zero attached hydrogens (tertiary/aromatic N) is 13. The molecule has 0 aliphatic carbocycles. The minimum atomic E-state index is -4.40. The molecular formula is C31H31N15O4S3. The van der Waals surface area contributed by atoms with Crippen molar-refractivity contribution in [1.29, 1.82) is 0 Å². The molecule has 0 aliphatic rings. The lowest BCUT2D eigenvalue weighted by atomic mass is 9.91. The molecule has 0 spiro atoms. The summed E-state index contributed by atoms with van der Waals surface area (Å²) in [5.74, 6) is -0.279. The van der Waals surface area contributed by atoms with Crippen molar-refractivity contribution < 1.29 is 18.1 Å². The molecule has 0 saturated carbocycles. The van der Waals surface area contributed by atoms with Crippen molar-refractivity contribution in [2.45, 2.75) is 57.3 Å². The minimum Gasteiger partial charge on any atom is -0.479 e. The van der Waals surface area contributed by atoms with Gasteiger partial charge in [-0.15, -0.1) is 20.5 Å². The number of nitrogens with two attached hydrogens (primary N) is 2. The third-order valence-electron chi connectivity index (χ3n) is 7.59. The summed E-state index contributed by atoms with van der Waals surface area (Å²) in [6.45, 7) is 11.5. The van der Waals surface area contributed by atoms with Crippen LogP contribution >= 0.6 is 22.7 Å². The van der Waals surface area contributed by atoms with Crippen molar-refractivity contribution in [2.24, 2.45) is 20.5 Å². The number of nitrogen functional groups attached to an aromatic ring is 2. The average molecular weight is 774 g/mol. The Morgan fingerprint density at radius 3 is 1.66 bits per heavy atom. The first-order valence-electron chi connectivity index (χ1n) is 15.7. The molecule has 0 bridgehead atoms. The molecule has 19 nitrogen and oxygen atoms in total. The van der Waals surface area contributed by atoms with Gasteiger partial charge in [-0.2, -0.15) is 42.9 Å². The molecule has 0 amide bonds. The van der Waals surface area contributed by atoms with Gasteiger partial charge in [-0.3, -0.25) is 4.55 Å². The summed E-state index contributed by atoms with van der Waals surface area (Å²) < 4.78 is 36.5. The van der Waals surface area contributed by atoms with Crippen molar-refractivity contribution >= 4 is 86.5 Å². The van der Waals surface area contributed by atoms with Gasteiger partial charge in [0.1, 0.15) is 0 Å². The standard InChI is InChI=1S/C31H31N15O4S3/c1-30(2,3)21-19(39-41-28-34-15-9-7-8-10-17(15)51-28)23(32)45(43-21)25-36-26(38-27(47)37-25)46-24(33)20(22(44-46)31(4,5)6)40-42-29-35-16-12-11-14(53(48,49)50)13-18(16)52-29/h7-13H,32-33H2,1-6H3,(H,48,49,50)(H,36,37,38,47). The lowest BCUT2D eigenvalue weighted by Crippen LogP contribution is -2.16. The van der Waals surface area contributed by atoms with Crippen LogP contribution in [-0.4, -0.2) is 62.6 Å². The lowest BCUT2D eigenvalue weighted by Gasteiger charge is -2.15. The Bertz CT molecular complexity index is 2700. The Hall–Kier alpha value is -5.84.